The molecule has 0 radical (unpaired) electrons. The fourth-order valence-corrected chi connectivity index (χ4v) is 1.35. The molecule has 0 aromatic heterocycles. The maximum absolute atomic E-state index is 11.9. The monoisotopic (exact) mass is 253 g/mol. The largest absolute Gasteiger partial charge is 0.491 e. The van der Waals surface area contributed by atoms with E-state index in [1.165, 1.54) is 0 Å². The Labute approximate surface area is 105 Å². The number of aldehydes is 1. The molecule has 1 rings (SSSR count). The lowest BCUT2D eigenvalue weighted by Gasteiger charge is -2.06. The predicted molar refractivity (Wildman–Crippen MR) is 65.5 cm³/mol. The van der Waals surface area contributed by atoms with E-state index in [0.29, 0.717) is 30.7 Å². The summed E-state index contributed by atoms with van der Waals surface area (Å²) in [5, 5.41) is 2.70. The summed E-state index contributed by atoms with van der Waals surface area (Å²) >= 11 is 0. The number of carbonyl (C=O) groups is 2. The second-order valence-electron chi connectivity index (χ2n) is 3.63. The predicted octanol–water partition coefficient (Wildman–Crippen LogP) is 1.74. The van der Waals surface area contributed by atoms with Gasteiger partial charge in [0, 0.05) is 18.5 Å². The number of rotatable bonds is 8. The first-order valence-electron chi connectivity index (χ1n) is 5.78. The van der Waals surface area contributed by atoms with Gasteiger partial charge in [-0.05, 0) is 30.7 Å². The Balaban J connectivity index is 2.41. The number of unbranched alkanes of at least 4 members (excludes halogenated alkanes) is 1. The third-order valence-electron chi connectivity index (χ3n) is 2.25. The smallest absolute Gasteiger partial charge is 0.251 e. The van der Waals surface area contributed by atoms with Crippen LogP contribution in [0.25, 0.3) is 0 Å². The van der Waals surface area contributed by atoms with Crippen molar-refractivity contribution in [2.24, 2.45) is 0 Å². The van der Waals surface area contributed by atoms with Gasteiger partial charge in [0.2, 0.25) is 0 Å². The molecule has 1 N–H and O–H groups in total. The first-order valence-corrected chi connectivity index (χ1v) is 5.78. The Kier molecular flexibility index (Phi) is 6.46. The van der Waals surface area contributed by atoms with Crippen LogP contribution >= 0.6 is 0 Å². The molecule has 18 heavy (non-hydrogen) atoms. The maximum Gasteiger partial charge on any atom is 0.251 e. The van der Waals surface area contributed by atoms with E-state index in [2.05, 4.69) is 5.32 Å². The molecule has 0 aliphatic rings. The maximum atomic E-state index is 11.9. The minimum absolute atomic E-state index is 0.0111. The highest BCUT2D eigenvalue weighted by Gasteiger charge is 2.04. The average molecular weight is 253 g/mol. The van der Waals surface area contributed by atoms with Gasteiger partial charge in [-0.1, -0.05) is 0 Å². The van der Waals surface area contributed by atoms with Crippen molar-refractivity contribution in [3.63, 3.8) is 0 Å². The van der Waals surface area contributed by atoms with Crippen LogP contribution in [0.4, 0.5) is 4.39 Å². The van der Waals surface area contributed by atoms with E-state index < -0.39 is 6.67 Å². The van der Waals surface area contributed by atoms with E-state index in [4.69, 9.17) is 4.74 Å². The molecule has 1 aromatic carbocycles. The summed E-state index contributed by atoms with van der Waals surface area (Å²) in [6.45, 7) is -0.0616. The Bertz CT molecular complexity index is 378. The van der Waals surface area contributed by atoms with E-state index in [1.54, 1.807) is 24.3 Å². The van der Waals surface area contributed by atoms with Gasteiger partial charge >= 0.3 is 0 Å². The van der Waals surface area contributed by atoms with Gasteiger partial charge in [0.25, 0.3) is 5.91 Å². The molecule has 0 heterocycles. The van der Waals surface area contributed by atoms with Crippen LogP contribution < -0.4 is 10.1 Å². The Hall–Kier alpha value is -1.91. The normalized spacial score (nSPS) is 9.83. The number of carbonyl (C=O) groups excluding carboxylic acids is 2. The number of hydrogen-bond acceptors (Lipinski definition) is 3. The van der Waals surface area contributed by atoms with Crippen molar-refractivity contribution in [3.05, 3.63) is 29.8 Å². The molecule has 98 valence electrons. The van der Waals surface area contributed by atoms with Crippen LogP contribution in [-0.4, -0.2) is 32.0 Å². The summed E-state index contributed by atoms with van der Waals surface area (Å²) in [7, 11) is 0. The highest BCUT2D eigenvalue weighted by Crippen LogP contribution is 2.12. The van der Waals surface area contributed by atoms with Crippen LogP contribution in [0.3, 0.4) is 0 Å². The number of alkyl halides is 1. The average Bonchev–Trinajstić information content (AvgIpc) is 2.41. The van der Waals surface area contributed by atoms with Gasteiger partial charge in [-0.2, -0.15) is 0 Å². The van der Waals surface area contributed by atoms with Crippen LogP contribution in [0.15, 0.2) is 24.3 Å². The lowest BCUT2D eigenvalue weighted by atomic mass is 10.2. The van der Waals surface area contributed by atoms with Gasteiger partial charge < -0.3 is 14.8 Å². The molecule has 4 nitrogen and oxygen atoms in total. The first kappa shape index (κ1) is 14.2. The Morgan fingerprint density at radius 2 is 2.06 bits per heavy atom. The summed E-state index contributed by atoms with van der Waals surface area (Å²) in [5.74, 6) is 0.336. The van der Waals surface area contributed by atoms with E-state index in [-0.39, 0.29) is 12.5 Å². The molecule has 0 saturated heterocycles. The molecule has 0 saturated carbocycles. The third-order valence-corrected chi connectivity index (χ3v) is 2.25. The number of nitrogens with one attached hydrogen (secondary N) is 1. The quantitative estimate of drug-likeness (QED) is 0.567. The Morgan fingerprint density at radius 1 is 1.33 bits per heavy atom. The summed E-state index contributed by atoms with van der Waals surface area (Å²) in [4.78, 5) is 21.7. The van der Waals surface area contributed by atoms with Gasteiger partial charge in [-0.3, -0.25) is 4.79 Å². The summed E-state index contributed by atoms with van der Waals surface area (Å²) in [5.41, 5.74) is 0.508. The number of benzene rings is 1. The van der Waals surface area contributed by atoms with Crippen LogP contribution in [0.5, 0.6) is 5.75 Å². The zero-order valence-corrected chi connectivity index (χ0v) is 10.0. The molecule has 0 fully saturated rings. The van der Waals surface area contributed by atoms with Crippen molar-refractivity contribution in [2.45, 2.75) is 12.8 Å². The Morgan fingerprint density at radius 3 is 2.67 bits per heavy atom. The fraction of sp³-hybridized carbons (Fsp3) is 0.385. The first-order chi connectivity index (χ1) is 8.77. The van der Waals surface area contributed by atoms with Gasteiger partial charge in [-0.25, -0.2) is 4.39 Å². The standard InChI is InChI=1S/C13H16FNO3/c14-7-10-18-12-5-3-11(4-6-12)13(17)15-8-1-2-9-16/h3-6,9H,1-2,7-8,10H2,(H,15,17). The molecule has 0 unspecified atom stereocenters. The zero-order valence-electron chi connectivity index (χ0n) is 10.0. The van der Waals surface area contributed by atoms with Gasteiger partial charge in [-0.15, -0.1) is 0 Å². The van der Waals surface area contributed by atoms with E-state index in [0.717, 1.165) is 6.29 Å². The van der Waals surface area contributed by atoms with Crippen molar-refractivity contribution < 1.29 is 18.7 Å². The molecular weight excluding hydrogens is 237 g/mol. The lowest BCUT2D eigenvalue weighted by Crippen LogP contribution is -2.24. The van der Waals surface area contributed by atoms with Crippen LogP contribution in [0.1, 0.15) is 23.2 Å². The van der Waals surface area contributed by atoms with Crippen molar-refractivity contribution in [1.82, 2.24) is 5.32 Å². The number of hydrogen-bond donors (Lipinski definition) is 1. The molecular formula is C13H16FNO3. The molecule has 0 spiro atoms. The van der Waals surface area contributed by atoms with Crippen molar-refractivity contribution in [2.75, 3.05) is 19.8 Å². The van der Waals surface area contributed by atoms with Crippen LogP contribution in [0.2, 0.25) is 0 Å². The molecule has 0 bridgehead atoms. The van der Waals surface area contributed by atoms with Gasteiger partial charge in [0.1, 0.15) is 25.3 Å². The second-order valence-corrected chi connectivity index (χ2v) is 3.63. The summed E-state index contributed by atoms with van der Waals surface area (Å²) < 4.78 is 16.9. The minimum Gasteiger partial charge on any atom is -0.491 e. The van der Waals surface area contributed by atoms with E-state index in [9.17, 15) is 14.0 Å². The fourth-order valence-electron chi connectivity index (χ4n) is 1.35. The molecule has 1 aromatic rings. The topological polar surface area (TPSA) is 55.4 Å². The van der Waals surface area contributed by atoms with E-state index >= 15 is 0 Å². The van der Waals surface area contributed by atoms with E-state index in [1.807, 2.05) is 0 Å². The molecule has 0 aliphatic heterocycles. The molecule has 5 heteroatoms. The third kappa shape index (κ3) is 4.95. The highest BCUT2D eigenvalue weighted by molar-refractivity contribution is 5.94. The molecule has 0 atom stereocenters. The highest BCUT2D eigenvalue weighted by atomic mass is 19.1. The number of halogens is 1. The SMILES string of the molecule is O=CCCCNC(=O)c1ccc(OCCF)cc1. The van der Waals surface area contributed by atoms with Gasteiger partial charge in [0.15, 0.2) is 0 Å². The minimum atomic E-state index is -0.543. The zero-order chi connectivity index (χ0) is 13.2. The lowest BCUT2D eigenvalue weighted by molar-refractivity contribution is -0.107. The number of ether oxygens (including phenoxy) is 1. The molecule has 1 amide bonds. The molecule has 0 aliphatic carbocycles. The number of amides is 1. The van der Waals surface area contributed by atoms with Crippen molar-refractivity contribution >= 4 is 12.2 Å². The van der Waals surface area contributed by atoms with Crippen LogP contribution in [0, 0.1) is 0 Å². The summed E-state index contributed by atoms with van der Waals surface area (Å²) in [6.07, 6.45) is 1.90. The summed E-state index contributed by atoms with van der Waals surface area (Å²) in [6, 6.07) is 6.47. The van der Waals surface area contributed by atoms with Crippen molar-refractivity contribution in [3.8, 4) is 5.75 Å². The van der Waals surface area contributed by atoms with Gasteiger partial charge in [0.05, 0.1) is 0 Å². The van der Waals surface area contributed by atoms with Crippen molar-refractivity contribution in [1.29, 1.82) is 0 Å². The second kappa shape index (κ2) is 8.22. The van der Waals surface area contributed by atoms with Crippen LogP contribution in [-0.2, 0) is 4.79 Å².